The molecule has 0 spiro atoms. The Morgan fingerprint density at radius 2 is 2.00 bits per heavy atom. The lowest BCUT2D eigenvalue weighted by Crippen LogP contribution is -2.28. The van der Waals surface area contributed by atoms with E-state index in [-0.39, 0.29) is 0 Å². The van der Waals surface area contributed by atoms with Gasteiger partial charge in [-0.05, 0) is 64.0 Å². The van der Waals surface area contributed by atoms with Gasteiger partial charge < -0.3 is 9.64 Å². The summed E-state index contributed by atoms with van der Waals surface area (Å²) in [5, 5.41) is 2.19. The van der Waals surface area contributed by atoms with E-state index < -0.39 is 0 Å². The van der Waals surface area contributed by atoms with Crippen LogP contribution in [-0.4, -0.2) is 42.2 Å². The molecule has 1 aliphatic carbocycles. The molecule has 0 amide bonds. The van der Waals surface area contributed by atoms with Crippen LogP contribution in [-0.2, 0) is 11.2 Å². The Bertz CT molecular complexity index is 368. The third-order valence-electron chi connectivity index (χ3n) is 4.73. The van der Waals surface area contributed by atoms with Crippen LogP contribution in [0.2, 0.25) is 0 Å². The second kappa shape index (κ2) is 7.53. The summed E-state index contributed by atoms with van der Waals surface area (Å²) in [5.41, 5.74) is 3.23. The number of nitrogens with zero attached hydrogens (tertiary/aromatic N) is 2. The summed E-state index contributed by atoms with van der Waals surface area (Å²) in [5.74, 6) is 0.829. The zero-order valence-electron chi connectivity index (χ0n) is 12.3. The van der Waals surface area contributed by atoms with Gasteiger partial charge in [0.25, 0.3) is 0 Å². The van der Waals surface area contributed by atoms with Crippen LogP contribution >= 0.6 is 11.3 Å². The predicted octanol–water partition coefficient (Wildman–Crippen LogP) is 3.36. The first-order valence-corrected chi connectivity index (χ1v) is 9.05. The van der Waals surface area contributed by atoms with Crippen molar-refractivity contribution in [2.75, 3.05) is 26.2 Å². The van der Waals surface area contributed by atoms with Crippen LogP contribution < -0.4 is 0 Å². The number of thiazole rings is 1. The number of aromatic nitrogens is 1. The standard InChI is InChI=1S/C16H26N2OS/c1-2-8-18(7-1)9-10-19-16-5-3-14(4-6-16)11-15-12-20-13-17-15/h12-14,16H,1-11H2. The molecule has 1 saturated carbocycles. The second-order valence-corrected chi connectivity index (χ2v) is 6.96. The number of hydrogen-bond acceptors (Lipinski definition) is 4. The van der Waals surface area contributed by atoms with Gasteiger partial charge in [-0.2, -0.15) is 0 Å². The van der Waals surface area contributed by atoms with Gasteiger partial charge in [0.1, 0.15) is 0 Å². The van der Waals surface area contributed by atoms with Crippen LogP contribution in [0.4, 0.5) is 0 Å². The molecule has 112 valence electrons. The van der Waals surface area contributed by atoms with Crippen LogP contribution in [0.15, 0.2) is 10.9 Å². The van der Waals surface area contributed by atoms with Crippen LogP contribution in [0.1, 0.15) is 44.2 Å². The molecule has 1 aromatic heterocycles. The van der Waals surface area contributed by atoms with Gasteiger partial charge in [-0.3, -0.25) is 0 Å². The molecule has 0 unspecified atom stereocenters. The van der Waals surface area contributed by atoms with Crippen LogP contribution in [0.5, 0.6) is 0 Å². The smallest absolute Gasteiger partial charge is 0.0794 e. The first-order chi connectivity index (χ1) is 9.90. The van der Waals surface area contributed by atoms with Gasteiger partial charge in [-0.15, -0.1) is 11.3 Å². The molecule has 4 heteroatoms. The first kappa shape index (κ1) is 14.5. The maximum absolute atomic E-state index is 6.07. The molecule has 0 N–H and O–H groups in total. The first-order valence-electron chi connectivity index (χ1n) is 8.11. The molecule has 0 atom stereocenters. The molecule has 1 saturated heterocycles. The molecule has 0 aromatic carbocycles. The molecule has 2 heterocycles. The van der Waals surface area contributed by atoms with Crippen LogP contribution in [0.25, 0.3) is 0 Å². The quantitative estimate of drug-likeness (QED) is 0.804. The van der Waals surface area contributed by atoms with Crippen molar-refractivity contribution in [2.24, 2.45) is 5.92 Å². The van der Waals surface area contributed by atoms with Gasteiger partial charge in [0.05, 0.1) is 23.9 Å². The average Bonchev–Trinajstić information content (AvgIpc) is 3.14. The zero-order chi connectivity index (χ0) is 13.6. The highest BCUT2D eigenvalue weighted by Crippen LogP contribution is 2.28. The summed E-state index contributed by atoms with van der Waals surface area (Å²) in [6.07, 6.45) is 9.55. The maximum atomic E-state index is 6.07. The molecule has 3 rings (SSSR count). The minimum Gasteiger partial charge on any atom is -0.377 e. The number of ether oxygens (including phenoxy) is 1. The fourth-order valence-corrected chi connectivity index (χ4v) is 4.06. The molecule has 1 aromatic rings. The van der Waals surface area contributed by atoms with E-state index >= 15 is 0 Å². The van der Waals surface area contributed by atoms with E-state index in [1.807, 2.05) is 5.51 Å². The normalized spacial score (nSPS) is 28.0. The van der Waals surface area contributed by atoms with Crippen LogP contribution in [0.3, 0.4) is 0 Å². The van der Waals surface area contributed by atoms with E-state index in [1.165, 1.54) is 63.7 Å². The van der Waals surface area contributed by atoms with E-state index in [2.05, 4.69) is 15.3 Å². The van der Waals surface area contributed by atoms with Crippen molar-refractivity contribution in [3.8, 4) is 0 Å². The predicted molar refractivity (Wildman–Crippen MR) is 83.2 cm³/mol. The van der Waals surface area contributed by atoms with Gasteiger partial charge in [0.2, 0.25) is 0 Å². The highest BCUT2D eigenvalue weighted by atomic mass is 32.1. The molecular weight excluding hydrogens is 268 g/mol. The van der Waals surface area contributed by atoms with Crippen molar-refractivity contribution in [1.82, 2.24) is 9.88 Å². The second-order valence-electron chi connectivity index (χ2n) is 6.25. The van der Waals surface area contributed by atoms with Crippen molar-refractivity contribution in [3.63, 3.8) is 0 Å². The summed E-state index contributed by atoms with van der Waals surface area (Å²) < 4.78 is 6.07. The Morgan fingerprint density at radius 3 is 2.70 bits per heavy atom. The molecule has 0 bridgehead atoms. The Kier molecular flexibility index (Phi) is 5.45. The summed E-state index contributed by atoms with van der Waals surface area (Å²) in [4.78, 5) is 6.94. The van der Waals surface area contributed by atoms with E-state index in [1.54, 1.807) is 11.3 Å². The highest BCUT2D eigenvalue weighted by molar-refractivity contribution is 7.07. The van der Waals surface area contributed by atoms with Crippen molar-refractivity contribution >= 4 is 11.3 Å². The Labute approximate surface area is 126 Å². The average molecular weight is 294 g/mol. The topological polar surface area (TPSA) is 25.4 Å². The summed E-state index contributed by atoms with van der Waals surface area (Å²) >= 11 is 1.71. The minimum atomic E-state index is 0.518. The van der Waals surface area contributed by atoms with E-state index in [0.717, 1.165) is 19.1 Å². The van der Waals surface area contributed by atoms with E-state index in [0.29, 0.717) is 6.10 Å². The van der Waals surface area contributed by atoms with Crippen molar-refractivity contribution in [2.45, 2.75) is 51.0 Å². The fraction of sp³-hybridized carbons (Fsp3) is 0.812. The van der Waals surface area contributed by atoms with Crippen molar-refractivity contribution in [1.29, 1.82) is 0 Å². The number of likely N-dealkylation sites (tertiary alicyclic amines) is 1. The third kappa shape index (κ3) is 4.27. The van der Waals surface area contributed by atoms with Gasteiger partial charge in [-0.1, -0.05) is 0 Å². The summed E-state index contributed by atoms with van der Waals surface area (Å²) in [6.45, 7) is 4.63. The molecule has 2 aliphatic rings. The monoisotopic (exact) mass is 294 g/mol. The number of rotatable bonds is 6. The lowest BCUT2D eigenvalue weighted by Gasteiger charge is -2.28. The molecule has 1 aliphatic heterocycles. The highest BCUT2D eigenvalue weighted by Gasteiger charge is 2.22. The lowest BCUT2D eigenvalue weighted by molar-refractivity contribution is 0.00955. The molecule has 20 heavy (non-hydrogen) atoms. The van der Waals surface area contributed by atoms with Gasteiger partial charge >= 0.3 is 0 Å². The van der Waals surface area contributed by atoms with Crippen molar-refractivity contribution in [3.05, 3.63) is 16.6 Å². The molecular formula is C16H26N2OS. The molecule has 0 radical (unpaired) electrons. The molecule has 2 fully saturated rings. The van der Waals surface area contributed by atoms with E-state index in [4.69, 9.17) is 4.74 Å². The summed E-state index contributed by atoms with van der Waals surface area (Å²) in [6, 6.07) is 0. The lowest BCUT2D eigenvalue weighted by atomic mass is 9.84. The SMILES string of the molecule is c1nc(CC2CCC(OCCN3CCCC3)CC2)cs1. The fourth-order valence-electron chi connectivity index (χ4n) is 3.49. The summed E-state index contributed by atoms with van der Waals surface area (Å²) in [7, 11) is 0. The maximum Gasteiger partial charge on any atom is 0.0794 e. The Morgan fingerprint density at radius 1 is 1.20 bits per heavy atom. The third-order valence-corrected chi connectivity index (χ3v) is 5.37. The van der Waals surface area contributed by atoms with Gasteiger partial charge in [0.15, 0.2) is 0 Å². The van der Waals surface area contributed by atoms with Gasteiger partial charge in [0, 0.05) is 11.9 Å². The Hall–Kier alpha value is -0.450. The van der Waals surface area contributed by atoms with Crippen molar-refractivity contribution < 1.29 is 4.74 Å². The van der Waals surface area contributed by atoms with Crippen LogP contribution in [0, 0.1) is 5.92 Å². The Balaban J connectivity index is 1.30. The molecule has 3 nitrogen and oxygen atoms in total. The van der Waals surface area contributed by atoms with E-state index in [9.17, 15) is 0 Å². The van der Waals surface area contributed by atoms with Gasteiger partial charge in [-0.25, -0.2) is 4.98 Å². The largest absolute Gasteiger partial charge is 0.377 e. The zero-order valence-corrected chi connectivity index (χ0v) is 13.1. The minimum absolute atomic E-state index is 0.518. The number of hydrogen-bond donors (Lipinski definition) is 0.